The van der Waals surface area contributed by atoms with Crippen LogP contribution in [-0.2, 0) is 0 Å². The lowest BCUT2D eigenvalue weighted by Crippen LogP contribution is -2.23. The Kier molecular flexibility index (Phi) is 8.35. The topological polar surface area (TPSA) is 59.6 Å². The van der Waals surface area contributed by atoms with E-state index in [1.54, 1.807) is 0 Å². The summed E-state index contributed by atoms with van der Waals surface area (Å²) in [5, 5.41) is 3.06. The van der Waals surface area contributed by atoms with Crippen molar-refractivity contribution in [2.75, 3.05) is 18.5 Å². The fourth-order valence-corrected chi connectivity index (χ4v) is 1.80. The Balaban J connectivity index is 0.00000242. The van der Waals surface area contributed by atoms with Gasteiger partial charge in [0.05, 0.1) is 6.61 Å². The van der Waals surface area contributed by atoms with Crippen LogP contribution in [0.3, 0.4) is 0 Å². The maximum absolute atomic E-state index is 5.84. The van der Waals surface area contributed by atoms with Gasteiger partial charge in [0.2, 0.25) is 0 Å². The number of aryl methyl sites for hydroxylation is 1. The average molecular weight is 411 g/mol. The number of nitrogens with two attached hydrogens (primary N) is 1. The van der Waals surface area contributed by atoms with Crippen molar-refractivity contribution in [3.8, 4) is 5.75 Å². The number of rotatable bonds is 6. The van der Waals surface area contributed by atoms with E-state index in [4.69, 9.17) is 10.5 Å². The summed E-state index contributed by atoms with van der Waals surface area (Å²) in [6.07, 6.45) is 0.825. The Morgan fingerprint density at radius 3 is 2.45 bits per heavy atom. The van der Waals surface area contributed by atoms with Crippen LogP contribution in [0, 0.1) is 6.92 Å². The summed E-state index contributed by atoms with van der Waals surface area (Å²) in [4.78, 5) is 4.28. The van der Waals surface area contributed by atoms with Gasteiger partial charge in [-0.25, -0.2) is 0 Å². The molecule has 0 spiro atoms. The molecule has 0 unspecified atom stereocenters. The predicted octanol–water partition coefficient (Wildman–Crippen LogP) is 3.81. The van der Waals surface area contributed by atoms with Crippen LogP contribution < -0.4 is 15.8 Å². The van der Waals surface area contributed by atoms with Crippen LogP contribution in [-0.4, -0.2) is 19.1 Å². The van der Waals surface area contributed by atoms with E-state index in [1.165, 1.54) is 5.56 Å². The third-order valence-electron chi connectivity index (χ3n) is 2.92. The largest absolute Gasteiger partial charge is 0.494 e. The van der Waals surface area contributed by atoms with Crippen LogP contribution in [0.25, 0.3) is 0 Å². The van der Waals surface area contributed by atoms with Gasteiger partial charge in [-0.2, -0.15) is 0 Å². The normalized spacial score (nSPS) is 10.7. The molecule has 0 atom stereocenters. The van der Waals surface area contributed by atoms with Crippen molar-refractivity contribution in [1.29, 1.82) is 0 Å². The van der Waals surface area contributed by atoms with Gasteiger partial charge in [-0.3, -0.25) is 4.99 Å². The number of nitrogens with one attached hydrogen (secondary N) is 1. The van der Waals surface area contributed by atoms with E-state index in [9.17, 15) is 0 Å². The van der Waals surface area contributed by atoms with Gasteiger partial charge in [-0.05, 0) is 31.2 Å². The Hall–Kier alpha value is -1.76. The highest BCUT2D eigenvalue weighted by atomic mass is 127. The number of guanidine groups is 1. The molecule has 2 aromatic rings. The second kappa shape index (κ2) is 10.0. The summed E-state index contributed by atoms with van der Waals surface area (Å²) in [6, 6.07) is 17.8. The van der Waals surface area contributed by atoms with Crippen molar-refractivity contribution in [3.63, 3.8) is 0 Å². The van der Waals surface area contributed by atoms with Crippen molar-refractivity contribution in [2.24, 2.45) is 10.7 Å². The van der Waals surface area contributed by atoms with Crippen LogP contribution >= 0.6 is 24.0 Å². The van der Waals surface area contributed by atoms with Crippen LogP contribution in [0.4, 0.5) is 5.69 Å². The molecule has 118 valence electrons. The number of benzene rings is 2. The minimum Gasteiger partial charge on any atom is -0.494 e. The first-order chi connectivity index (χ1) is 10.2. The van der Waals surface area contributed by atoms with E-state index in [-0.39, 0.29) is 24.0 Å². The lowest BCUT2D eigenvalue weighted by Gasteiger charge is -2.06. The third-order valence-corrected chi connectivity index (χ3v) is 2.92. The van der Waals surface area contributed by atoms with Crippen LogP contribution in [0.5, 0.6) is 5.75 Å². The van der Waals surface area contributed by atoms with Crippen LogP contribution in [0.1, 0.15) is 12.0 Å². The quantitative estimate of drug-likeness (QED) is 0.329. The molecular formula is C17H22IN3O. The molecule has 0 saturated carbocycles. The molecule has 0 aliphatic heterocycles. The van der Waals surface area contributed by atoms with Gasteiger partial charge < -0.3 is 15.8 Å². The second-order valence-electron chi connectivity index (χ2n) is 4.77. The number of anilines is 1. The number of nitrogens with zero attached hydrogens (tertiary/aromatic N) is 1. The van der Waals surface area contributed by atoms with Crippen molar-refractivity contribution in [2.45, 2.75) is 13.3 Å². The van der Waals surface area contributed by atoms with E-state index in [1.807, 2.05) is 61.5 Å². The van der Waals surface area contributed by atoms with Gasteiger partial charge in [0.15, 0.2) is 5.96 Å². The lowest BCUT2D eigenvalue weighted by molar-refractivity contribution is 0.313. The summed E-state index contributed by atoms with van der Waals surface area (Å²) in [5.41, 5.74) is 8.00. The maximum atomic E-state index is 5.84. The fourth-order valence-electron chi connectivity index (χ4n) is 1.80. The molecule has 0 aromatic heterocycles. The molecule has 3 N–H and O–H groups in total. The van der Waals surface area contributed by atoms with Crippen LogP contribution in [0.15, 0.2) is 59.6 Å². The molecular weight excluding hydrogens is 389 g/mol. The van der Waals surface area contributed by atoms with E-state index in [2.05, 4.69) is 10.3 Å². The molecule has 0 fully saturated rings. The third kappa shape index (κ3) is 6.80. The van der Waals surface area contributed by atoms with Gasteiger partial charge in [-0.1, -0.05) is 35.9 Å². The van der Waals surface area contributed by atoms with Gasteiger partial charge in [0.25, 0.3) is 0 Å². The second-order valence-corrected chi connectivity index (χ2v) is 4.77. The first kappa shape index (κ1) is 18.3. The lowest BCUT2D eigenvalue weighted by atomic mass is 10.2. The SMILES string of the molecule is Cc1ccc(NC(N)=NCCCOc2ccccc2)cc1.I. The zero-order chi connectivity index (χ0) is 14.9. The number of aliphatic imine (C=N–C) groups is 1. The summed E-state index contributed by atoms with van der Waals surface area (Å²) in [5.74, 6) is 1.31. The van der Waals surface area contributed by atoms with Gasteiger partial charge in [-0.15, -0.1) is 24.0 Å². The Morgan fingerprint density at radius 2 is 1.77 bits per heavy atom. The Bertz CT molecular complexity index is 570. The molecule has 0 aliphatic rings. The smallest absolute Gasteiger partial charge is 0.193 e. The monoisotopic (exact) mass is 411 g/mol. The van der Waals surface area contributed by atoms with E-state index in [0.717, 1.165) is 17.9 Å². The molecule has 0 amide bonds. The van der Waals surface area contributed by atoms with Gasteiger partial charge in [0.1, 0.15) is 5.75 Å². The molecule has 0 radical (unpaired) electrons. The van der Waals surface area contributed by atoms with Crippen molar-refractivity contribution < 1.29 is 4.74 Å². The standard InChI is InChI=1S/C17H21N3O.HI/c1-14-8-10-15(11-9-14)20-17(18)19-12-5-13-21-16-6-3-2-4-7-16;/h2-4,6-11H,5,12-13H2,1H3,(H3,18,19,20);1H. The minimum atomic E-state index is 0. The summed E-state index contributed by atoms with van der Waals surface area (Å²) >= 11 is 0. The van der Waals surface area contributed by atoms with Crippen molar-refractivity contribution >= 4 is 35.6 Å². The predicted molar refractivity (Wildman–Crippen MR) is 103 cm³/mol. The zero-order valence-electron chi connectivity index (χ0n) is 12.7. The van der Waals surface area contributed by atoms with Gasteiger partial charge >= 0.3 is 0 Å². The molecule has 2 aromatic carbocycles. The molecule has 2 rings (SSSR count). The molecule has 0 heterocycles. The van der Waals surface area contributed by atoms with E-state index in [0.29, 0.717) is 19.1 Å². The molecule has 0 aliphatic carbocycles. The molecule has 0 bridgehead atoms. The van der Waals surface area contributed by atoms with Crippen molar-refractivity contribution in [1.82, 2.24) is 0 Å². The summed E-state index contributed by atoms with van der Waals surface area (Å²) < 4.78 is 5.59. The van der Waals surface area contributed by atoms with E-state index >= 15 is 0 Å². The highest BCUT2D eigenvalue weighted by Gasteiger charge is 1.95. The Labute approximate surface area is 148 Å². The summed E-state index contributed by atoms with van der Waals surface area (Å²) in [6.45, 7) is 3.32. The maximum Gasteiger partial charge on any atom is 0.193 e. The number of hydrogen-bond donors (Lipinski definition) is 2. The first-order valence-electron chi connectivity index (χ1n) is 7.05. The highest BCUT2D eigenvalue weighted by Crippen LogP contribution is 2.09. The van der Waals surface area contributed by atoms with Crippen LogP contribution in [0.2, 0.25) is 0 Å². The molecule has 0 saturated heterocycles. The minimum absolute atomic E-state index is 0. The summed E-state index contributed by atoms with van der Waals surface area (Å²) in [7, 11) is 0. The number of hydrogen-bond acceptors (Lipinski definition) is 2. The average Bonchev–Trinajstić information content (AvgIpc) is 2.50. The molecule has 5 heteroatoms. The fraction of sp³-hybridized carbons (Fsp3) is 0.235. The molecule has 4 nitrogen and oxygen atoms in total. The van der Waals surface area contributed by atoms with E-state index < -0.39 is 0 Å². The van der Waals surface area contributed by atoms with Gasteiger partial charge in [0, 0.05) is 18.7 Å². The molecule has 22 heavy (non-hydrogen) atoms. The van der Waals surface area contributed by atoms with Crippen molar-refractivity contribution in [3.05, 3.63) is 60.2 Å². The first-order valence-corrected chi connectivity index (χ1v) is 7.05. The number of ether oxygens (including phenoxy) is 1. The Morgan fingerprint density at radius 1 is 1.09 bits per heavy atom. The number of halogens is 1. The number of para-hydroxylation sites is 1. The highest BCUT2D eigenvalue weighted by molar-refractivity contribution is 14.0. The zero-order valence-corrected chi connectivity index (χ0v) is 15.0.